The van der Waals surface area contributed by atoms with E-state index in [1.807, 2.05) is 23.1 Å². The van der Waals surface area contributed by atoms with Crippen molar-refractivity contribution in [3.05, 3.63) is 42.7 Å². The van der Waals surface area contributed by atoms with Crippen LogP contribution in [-0.4, -0.2) is 70.9 Å². The molecule has 0 radical (unpaired) electrons. The van der Waals surface area contributed by atoms with Gasteiger partial charge < -0.3 is 23.9 Å². The van der Waals surface area contributed by atoms with Gasteiger partial charge in [0.15, 0.2) is 12.1 Å². The molecule has 2 saturated heterocycles. The first-order valence-electron chi connectivity index (χ1n) is 8.80. The summed E-state index contributed by atoms with van der Waals surface area (Å²) >= 11 is 0. The Morgan fingerprint density at radius 3 is 2.70 bits per heavy atom. The number of halogens is 3. The predicted molar refractivity (Wildman–Crippen MR) is 92.6 cm³/mol. The number of carbonyl (C=O) groups is 2. The highest BCUT2D eigenvalue weighted by Crippen LogP contribution is 2.42. The molecule has 0 spiro atoms. The smallest absolute Gasteiger partial charge is 0.477 e. The Kier molecular flexibility index (Phi) is 6.25. The maximum absolute atomic E-state index is 12.5. The first-order valence-corrected chi connectivity index (χ1v) is 8.80. The number of carboxylic acids is 1. The van der Waals surface area contributed by atoms with Crippen molar-refractivity contribution in [2.75, 3.05) is 32.9 Å². The molecule has 0 saturated carbocycles. The first-order chi connectivity index (χ1) is 14.2. The number of fused-ring (bicyclic) bond motifs is 1. The van der Waals surface area contributed by atoms with Gasteiger partial charge in [-0.05, 0) is 6.07 Å². The van der Waals surface area contributed by atoms with Gasteiger partial charge in [-0.2, -0.15) is 13.2 Å². The first kappa shape index (κ1) is 21.6. The quantitative estimate of drug-likeness (QED) is 0.784. The highest BCUT2D eigenvalue weighted by molar-refractivity contribution is 5.92. The second-order valence-electron chi connectivity index (χ2n) is 6.89. The molecule has 2 aliphatic rings. The van der Waals surface area contributed by atoms with E-state index in [-0.39, 0.29) is 17.2 Å². The molecular weight excluding hydrogens is 411 g/mol. The summed E-state index contributed by atoms with van der Waals surface area (Å²) in [4.78, 5) is 31.3. The average molecular weight is 429 g/mol. The van der Waals surface area contributed by atoms with E-state index in [0.717, 1.165) is 0 Å². The number of aliphatic carboxylic acids is 1. The number of hydrogen-bond acceptors (Lipinski definition) is 7. The van der Waals surface area contributed by atoms with Crippen LogP contribution < -0.4 is 4.74 Å². The second-order valence-corrected chi connectivity index (χ2v) is 6.89. The number of alkyl halides is 3. The largest absolute Gasteiger partial charge is 0.490 e. The molecule has 4 rings (SSSR count). The summed E-state index contributed by atoms with van der Waals surface area (Å²) in [5.74, 6) is -2.01. The fourth-order valence-electron chi connectivity index (χ4n) is 3.32. The lowest BCUT2D eigenvalue weighted by Gasteiger charge is -2.26. The fraction of sp³-hybridized carbons (Fsp3) is 0.444. The Morgan fingerprint density at radius 2 is 2.10 bits per heavy atom. The van der Waals surface area contributed by atoms with Crippen LogP contribution in [0.15, 0.2) is 41.5 Å². The zero-order valence-corrected chi connectivity index (χ0v) is 15.5. The van der Waals surface area contributed by atoms with Crippen LogP contribution in [0.2, 0.25) is 0 Å². The molecule has 2 atom stereocenters. The molecule has 30 heavy (non-hydrogen) atoms. The number of oxazole rings is 1. The molecule has 2 aromatic rings. The van der Waals surface area contributed by atoms with E-state index in [2.05, 4.69) is 9.97 Å². The SMILES string of the molecule is O=C(O)C(F)(F)F.O=C(c1cocn1)N1C[C@@H]2COC[C@]2(COc2ccccn2)C1. The normalized spacial score (nSPS) is 22.8. The van der Waals surface area contributed by atoms with E-state index >= 15 is 0 Å². The van der Waals surface area contributed by atoms with E-state index in [9.17, 15) is 18.0 Å². The van der Waals surface area contributed by atoms with E-state index in [0.29, 0.717) is 44.5 Å². The third-order valence-electron chi connectivity index (χ3n) is 4.85. The minimum absolute atomic E-state index is 0.106. The molecule has 0 unspecified atom stereocenters. The van der Waals surface area contributed by atoms with Crippen molar-refractivity contribution in [3.63, 3.8) is 0 Å². The number of rotatable bonds is 4. The lowest BCUT2D eigenvalue weighted by molar-refractivity contribution is -0.192. The van der Waals surface area contributed by atoms with Crippen LogP contribution in [0.1, 0.15) is 10.5 Å². The highest BCUT2D eigenvalue weighted by Gasteiger charge is 2.52. The summed E-state index contributed by atoms with van der Waals surface area (Å²) in [5.41, 5.74) is 0.156. The number of carbonyl (C=O) groups excluding carboxylic acids is 1. The summed E-state index contributed by atoms with van der Waals surface area (Å²) < 4.78 is 48.1. The van der Waals surface area contributed by atoms with Crippen LogP contribution >= 0.6 is 0 Å². The fourth-order valence-corrected chi connectivity index (χ4v) is 3.32. The monoisotopic (exact) mass is 429 g/mol. The Bertz CT molecular complexity index is 862. The van der Waals surface area contributed by atoms with E-state index in [1.54, 1.807) is 6.20 Å². The number of aromatic nitrogens is 2. The van der Waals surface area contributed by atoms with Gasteiger partial charge in [0.2, 0.25) is 5.88 Å². The van der Waals surface area contributed by atoms with Gasteiger partial charge in [0.1, 0.15) is 6.26 Å². The topological polar surface area (TPSA) is 115 Å². The molecule has 0 bridgehead atoms. The van der Waals surface area contributed by atoms with Crippen molar-refractivity contribution in [1.29, 1.82) is 0 Å². The van der Waals surface area contributed by atoms with Crippen LogP contribution in [0.4, 0.5) is 13.2 Å². The maximum atomic E-state index is 12.5. The minimum Gasteiger partial charge on any atom is -0.477 e. The Labute approximate surface area is 168 Å². The van der Waals surface area contributed by atoms with Crippen molar-refractivity contribution in [2.24, 2.45) is 11.3 Å². The van der Waals surface area contributed by atoms with Crippen molar-refractivity contribution in [2.45, 2.75) is 6.18 Å². The van der Waals surface area contributed by atoms with E-state index < -0.39 is 12.1 Å². The van der Waals surface area contributed by atoms with Crippen molar-refractivity contribution >= 4 is 11.9 Å². The molecular formula is C18H18F3N3O6. The molecule has 1 N–H and O–H groups in total. The molecule has 0 aromatic carbocycles. The highest BCUT2D eigenvalue weighted by atomic mass is 19.4. The van der Waals surface area contributed by atoms with Crippen LogP contribution in [0.5, 0.6) is 5.88 Å². The molecule has 2 aliphatic heterocycles. The standard InChI is InChI=1S/C16H17N3O4.C2HF3O2/c20-15(13-7-22-11-18-13)19-5-12-6-21-9-16(12,8-19)10-23-14-3-1-2-4-17-14;3-2(4,5)1(6)7/h1-4,7,11-12H,5-6,8-10H2;(H,6,7)/t12-,16+;/m1./s1. The average Bonchev–Trinajstić information content (AvgIpc) is 3.42. The van der Waals surface area contributed by atoms with Crippen LogP contribution in [-0.2, 0) is 9.53 Å². The molecule has 1 amide bonds. The maximum Gasteiger partial charge on any atom is 0.490 e. The Morgan fingerprint density at radius 1 is 1.33 bits per heavy atom. The van der Waals surface area contributed by atoms with Gasteiger partial charge in [-0.15, -0.1) is 0 Å². The molecule has 0 aliphatic carbocycles. The number of nitrogens with zero attached hydrogens (tertiary/aromatic N) is 3. The summed E-state index contributed by atoms with van der Waals surface area (Å²) in [6, 6.07) is 5.56. The lowest BCUT2D eigenvalue weighted by Crippen LogP contribution is -2.38. The number of hydrogen-bond donors (Lipinski definition) is 1. The van der Waals surface area contributed by atoms with Crippen LogP contribution in [0.3, 0.4) is 0 Å². The number of likely N-dealkylation sites (tertiary alicyclic amines) is 1. The number of amides is 1. The van der Waals surface area contributed by atoms with Crippen LogP contribution in [0.25, 0.3) is 0 Å². The van der Waals surface area contributed by atoms with Crippen molar-refractivity contribution < 1.29 is 41.8 Å². The van der Waals surface area contributed by atoms with Gasteiger partial charge in [0.05, 0.1) is 25.2 Å². The van der Waals surface area contributed by atoms with Gasteiger partial charge in [-0.25, -0.2) is 14.8 Å². The van der Waals surface area contributed by atoms with Crippen LogP contribution in [0, 0.1) is 11.3 Å². The van der Waals surface area contributed by atoms with Gasteiger partial charge >= 0.3 is 12.1 Å². The van der Waals surface area contributed by atoms with Gasteiger partial charge in [-0.1, -0.05) is 6.07 Å². The Balaban J connectivity index is 0.000000318. The van der Waals surface area contributed by atoms with Crippen molar-refractivity contribution in [3.8, 4) is 5.88 Å². The van der Waals surface area contributed by atoms with E-state index in [1.165, 1.54) is 12.7 Å². The Hall–Kier alpha value is -3.15. The summed E-state index contributed by atoms with van der Waals surface area (Å²) in [5, 5.41) is 7.12. The van der Waals surface area contributed by atoms with Gasteiger partial charge in [0.25, 0.3) is 5.91 Å². The zero-order valence-electron chi connectivity index (χ0n) is 15.5. The predicted octanol–water partition coefficient (Wildman–Crippen LogP) is 1.87. The minimum atomic E-state index is -5.08. The third kappa shape index (κ3) is 4.87. The lowest BCUT2D eigenvalue weighted by atomic mass is 9.82. The second kappa shape index (κ2) is 8.69. The summed E-state index contributed by atoms with van der Waals surface area (Å²) in [7, 11) is 0. The number of pyridine rings is 1. The zero-order chi connectivity index (χ0) is 21.8. The molecule has 2 aromatic heterocycles. The summed E-state index contributed by atoms with van der Waals surface area (Å²) in [6.45, 7) is 2.96. The summed E-state index contributed by atoms with van der Waals surface area (Å²) in [6.07, 6.45) is -0.734. The molecule has 162 valence electrons. The van der Waals surface area contributed by atoms with Crippen molar-refractivity contribution in [1.82, 2.24) is 14.9 Å². The number of carboxylic acid groups (broad SMARTS) is 1. The van der Waals surface area contributed by atoms with Gasteiger partial charge in [0, 0.05) is 31.3 Å². The van der Waals surface area contributed by atoms with E-state index in [4.69, 9.17) is 23.8 Å². The molecule has 9 nitrogen and oxygen atoms in total. The number of ether oxygens (including phenoxy) is 2. The molecule has 4 heterocycles. The van der Waals surface area contributed by atoms with Gasteiger partial charge in [-0.3, -0.25) is 4.79 Å². The molecule has 12 heteroatoms. The molecule has 2 fully saturated rings. The third-order valence-corrected chi connectivity index (χ3v) is 4.85.